The van der Waals surface area contributed by atoms with Gasteiger partial charge in [0.05, 0.1) is 37.0 Å². The van der Waals surface area contributed by atoms with E-state index < -0.39 is 76.2 Å². The van der Waals surface area contributed by atoms with Crippen LogP contribution in [0.15, 0.2) is 53.4 Å². The second-order valence-electron chi connectivity index (χ2n) is 11.8. The van der Waals surface area contributed by atoms with E-state index in [-0.39, 0.29) is 18.4 Å². The second kappa shape index (κ2) is 10.7. The highest BCUT2D eigenvalue weighted by Gasteiger charge is 2.67. The first-order chi connectivity index (χ1) is 19.8. The van der Waals surface area contributed by atoms with Gasteiger partial charge < -0.3 is 18.6 Å². The van der Waals surface area contributed by atoms with E-state index in [0.29, 0.717) is 18.4 Å². The van der Waals surface area contributed by atoms with Crippen LogP contribution in [-0.2, 0) is 39.6 Å². The molecular formula is C31H31F3O8. The fraction of sp³-hybridized carbons (Fsp3) is 0.484. The van der Waals surface area contributed by atoms with E-state index in [1.807, 2.05) is 13.8 Å². The van der Waals surface area contributed by atoms with Crippen LogP contribution in [0.25, 0.3) is 6.08 Å². The number of ether oxygens (including phenoxy) is 3. The number of furan rings is 1. The van der Waals surface area contributed by atoms with Gasteiger partial charge in [0.2, 0.25) is 0 Å². The largest absolute Gasteiger partial charge is 0.472 e. The Morgan fingerprint density at radius 1 is 1.10 bits per heavy atom. The van der Waals surface area contributed by atoms with Gasteiger partial charge in [0.25, 0.3) is 0 Å². The number of ketones is 1. The Morgan fingerprint density at radius 2 is 1.83 bits per heavy atom. The molecule has 224 valence electrons. The van der Waals surface area contributed by atoms with Gasteiger partial charge >= 0.3 is 24.1 Å². The molecule has 2 aliphatic carbocycles. The zero-order valence-electron chi connectivity index (χ0n) is 23.3. The molecule has 11 heteroatoms. The molecule has 1 aliphatic heterocycles. The van der Waals surface area contributed by atoms with E-state index in [4.69, 9.17) is 18.6 Å². The zero-order valence-corrected chi connectivity index (χ0v) is 23.3. The van der Waals surface area contributed by atoms with Crippen LogP contribution in [0, 0.1) is 28.6 Å². The van der Waals surface area contributed by atoms with Crippen LogP contribution in [0.5, 0.6) is 0 Å². The molecule has 42 heavy (non-hydrogen) atoms. The van der Waals surface area contributed by atoms with Crippen molar-refractivity contribution >= 4 is 29.8 Å². The van der Waals surface area contributed by atoms with Crippen LogP contribution in [0.3, 0.4) is 0 Å². The average Bonchev–Trinajstić information content (AvgIpc) is 3.47. The highest BCUT2D eigenvalue weighted by atomic mass is 19.4. The number of fused-ring (bicyclic) bond motifs is 3. The summed E-state index contributed by atoms with van der Waals surface area (Å²) in [5.41, 5.74) is -2.40. The third-order valence-electron chi connectivity index (χ3n) is 9.43. The molecule has 1 aromatic heterocycles. The van der Waals surface area contributed by atoms with Gasteiger partial charge in [0.1, 0.15) is 6.10 Å². The van der Waals surface area contributed by atoms with Crippen molar-refractivity contribution in [2.45, 2.75) is 57.9 Å². The van der Waals surface area contributed by atoms with Crippen LogP contribution in [0.2, 0.25) is 0 Å². The molecule has 5 rings (SSSR count). The summed E-state index contributed by atoms with van der Waals surface area (Å²) >= 11 is 0. The zero-order chi connectivity index (χ0) is 30.4. The maximum absolute atomic E-state index is 14.2. The summed E-state index contributed by atoms with van der Waals surface area (Å²) in [4.78, 5) is 53.4. The molecule has 3 fully saturated rings. The van der Waals surface area contributed by atoms with Crippen LogP contribution >= 0.6 is 0 Å². The molecule has 0 unspecified atom stereocenters. The molecule has 0 spiro atoms. The first-order valence-corrected chi connectivity index (χ1v) is 13.7. The fourth-order valence-corrected chi connectivity index (χ4v) is 7.50. The lowest BCUT2D eigenvalue weighted by molar-refractivity contribution is -0.210. The van der Waals surface area contributed by atoms with Crippen LogP contribution in [0.1, 0.15) is 62.3 Å². The highest BCUT2D eigenvalue weighted by Crippen LogP contribution is 2.65. The van der Waals surface area contributed by atoms with Gasteiger partial charge in [-0.25, -0.2) is 4.79 Å². The Labute approximate surface area is 240 Å². The monoisotopic (exact) mass is 588 g/mol. The molecule has 0 radical (unpaired) electrons. The number of cyclic esters (lactones) is 1. The molecule has 8 nitrogen and oxygen atoms in total. The highest BCUT2D eigenvalue weighted by molar-refractivity contribution is 5.95. The van der Waals surface area contributed by atoms with Gasteiger partial charge in [-0.2, -0.15) is 13.2 Å². The number of halogens is 3. The van der Waals surface area contributed by atoms with E-state index >= 15 is 0 Å². The number of hydrogen-bond donors (Lipinski definition) is 0. The summed E-state index contributed by atoms with van der Waals surface area (Å²) in [6.07, 6.45) is -1.06. The Balaban J connectivity index is 1.47. The van der Waals surface area contributed by atoms with Crippen LogP contribution in [0.4, 0.5) is 13.2 Å². The lowest BCUT2D eigenvalue weighted by Crippen LogP contribution is -2.64. The molecule has 0 amide bonds. The number of carbonyl (C=O) groups is 4. The van der Waals surface area contributed by atoms with Crippen LogP contribution in [-0.4, -0.2) is 36.9 Å². The first kappa shape index (κ1) is 29.6. The van der Waals surface area contributed by atoms with E-state index in [2.05, 4.69) is 0 Å². The lowest BCUT2D eigenvalue weighted by Gasteiger charge is -2.60. The lowest BCUT2D eigenvalue weighted by atomic mass is 9.43. The van der Waals surface area contributed by atoms with Gasteiger partial charge in [-0.3, -0.25) is 14.4 Å². The summed E-state index contributed by atoms with van der Waals surface area (Å²) in [5.74, 6) is -4.84. The van der Waals surface area contributed by atoms with Crippen LogP contribution < -0.4 is 0 Å². The molecule has 7 atom stereocenters. The minimum absolute atomic E-state index is 0.145. The number of alkyl halides is 3. The fourth-order valence-electron chi connectivity index (χ4n) is 7.50. The number of methoxy groups -OCH3 is 1. The first-order valence-electron chi connectivity index (χ1n) is 13.7. The summed E-state index contributed by atoms with van der Waals surface area (Å²) in [7, 11) is 1.24. The van der Waals surface area contributed by atoms with Gasteiger partial charge in [-0.05, 0) is 53.9 Å². The molecule has 2 aromatic rings. The van der Waals surface area contributed by atoms with Crippen molar-refractivity contribution in [3.63, 3.8) is 0 Å². The molecule has 0 N–H and O–H groups in total. The number of hydrogen-bond acceptors (Lipinski definition) is 8. The van der Waals surface area contributed by atoms with E-state index in [1.54, 1.807) is 6.07 Å². The molecule has 0 bridgehead atoms. The Hall–Kier alpha value is -3.89. The summed E-state index contributed by atoms with van der Waals surface area (Å²) in [5, 5.41) is 0. The number of carbonyl (C=O) groups excluding carboxylic acids is 4. The minimum atomic E-state index is -4.63. The van der Waals surface area contributed by atoms with Gasteiger partial charge in [0.15, 0.2) is 11.9 Å². The van der Waals surface area contributed by atoms with Gasteiger partial charge in [-0.15, -0.1) is 0 Å². The quantitative estimate of drug-likeness (QED) is 0.248. The Morgan fingerprint density at radius 3 is 2.50 bits per heavy atom. The van der Waals surface area contributed by atoms with E-state index in [9.17, 15) is 32.3 Å². The Bertz CT molecular complexity index is 1410. The molecule has 2 heterocycles. The standard InChI is InChI=1S/C31H31F3O8/c1-29-12-10-20-28(38)42-23(18-11-13-40-16-18)15-30(20,2)26(29)25(36)22(14-21(29)27(37)39-3)41-24(35)9-8-17-6-4-5-7-19(17)31(32,33)34/h4-9,11,13,16,20-23,26H,10,12,14-15H2,1-3H3/b9-8+/t20-,21-,22-,23-,26-,29-,30-/m0/s1. The normalized spacial score (nSPS) is 33.0. The van der Waals surface area contributed by atoms with Crippen molar-refractivity contribution < 1.29 is 51.0 Å². The minimum Gasteiger partial charge on any atom is -0.472 e. The average molecular weight is 589 g/mol. The molecular weight excluding hydrogens is 557 g/mol. The Kier molecular flexibility index (Phi) is 7.57. The predicted molar refractivity (Wildman–Crippen MR) is 140 cm³/mol. The predicted octanol–water partition coefficient (Wildman–Crippen LogP) is 5.71. The number of esters is 3. The van der Waals surface area contributed by atoms with E-state index in [0.717, 1.165) is 18.2 Å². The van der Waals surface area contributed by atoms with Crippen molar-refractivity contribution in [3.8, 4) is 0 Å². The third kappa shape index (κ3) is 5.03. The van der Waals surface area contributed by atoms with Crippen molar-refractivity contribution in [1.82, 2.24) is 0 Å². The summed E-state index contributed by atoms with van der Waals surface area (Å²) in [6, 6.07) is 6.41. The van der Waals surface area contributed by atoms with Gasteiger partial charge in [0, 0.05) is 24.0 Å². The van der Waals surface area contributed by atoms with Crippen molar-refractivity contribution in [3.05, 3.63) is 65.6 Å². The summed E-state index contributed by atoms with van der Waals surface area (Å²) < 4.78 is 61.7. The molecule has 3 aliphatic rings. The summed E-state index contributed by atoms with van der Waals surface area (Å²) in [6.45, 7) is 3.66. The van der Waals surface area contributed by atoms with Gasteiger partial charge in [-0.1, -0.05) is 32.0 Å². The molecule has 1 aromatic carbocycles. The van der Waals surface area contributed by atoms with Crippen molar-refractivity contribution in [1.29, 1.82) is 0 Å². The third-order valence-corrected chi connectivity index (χ3v) is 9.43. The second-order valence-corrected chi connectivity index (χ2v) is 11.8. The smallest absolute Gasteiger partial charge is 0.416 e. The van der Waals surface area contributed by atoms with Crippen molar-refractivity contribution in [2.75, 3.05) is 7.11 Å². The number of rotatable bonds is 5. The van der Waals surface area contributed by atoms with Crippen molar-refractivity contribution in [2.24, 2.45) is 28.6 Å². The number of benzene rings is 1. The molecule has 2 saturated carbocycles. The topological polar surface area (TPSA) is 109 Å². The maximum Gasteiger partial charge on any atom is 0.416 e. The SMILES string of the molecule is COC(=O)[C@@H]1C[C@H](OC(=O)/C=C/c2ccccc2C(F)(F)F)C(=O)[C@H]2[C@@]1(C)CC[C@H]1C(=O)O[C@H](c3ccoc3)C[C@]21C. The van der Waals surface area contributed by atoms with E-state index in [1.165, 1.54) is 37.8 Å². The maximum atomic E-state index is 14.2. The molecule has 1 saturated heterocycles. The number of Topliss-reactive ketones (excluding diaryl/α,β-unsaturated/α-hetero) is 1.